The van der Waals surface area contributed by atoms with Gasteiger partial charge in [0.15, 0.2) is 0 Å². The lowest BCUT2D eigenvalue weighted by molar-refractivity contribution is -0.0390. The summed E-state index contributed by atoms with van der Waals surface area (Å²) in [6.07, 6.45) is 1.56. The maximum absolute atomic E-state index is 13.1. The van der Waals surface area contributed by atoms with Crippen LogP contribution < -0.4 is 5.73 Å². The van der Waals surface area contributed by atoms with E-state index in [9.17, 15) is 8.78 Å². The first kappa shape index (κ1) is 13.8. The fraction of sp³-hybridized carbons (Fsp3) is 1.00. The van der Waals surface area contributed by atoms with E-state index in [0.717, 1.165) is 32.9 Å². The van der Waals surface area contributed by atoms with Crippen LogP contribution >= 0.6 is 0 Å². The Hall–Kier alpha value is -0.220. The van der Waals surface area contributed by atoms with E-state index in [4.69, 9.17) is 5.73 Å². The molecule has 4 heteroatoms. The molecule has 0 saturated carbocycles. The molecule has 1 heterocycles. The molecule has 0 spiro atoms. The van der Waals surface area contributed by atoms with Crippen molar-refractivity contribution in [1.82, 2.24) is 4.90 Å². The van der Waals surface area contributed by atoms with Crippen LogP contribution in [0.1, 0.15) is 40.5 Å². The smallest absolute Gasteiger partial charge is 0.260 e. The summed E-state index contributed by atoms with van der Waals surface area (Å²) in [6, 6.07) is -0.991. The molecule has 0 aromatic carbocycles. The highest BCUT2D eigenvalue weighted by atomic mass is 19.3. The van der Waals surface area contributed by atoms with Gasteiger partial charge in [-0.05, 0) is 52.6 Å². The van der Waals surface area contributed by atoms with E-state index in [1.807, 2.05) is 0 Å². The van der Waals surface area contributed by atoms with Crippen LogP contribution in [0.5, 0.6) is 0 Å². The second-order valence-corrected chi connectivity index (χ2v) is 5.98. The monoisotopic (exact) mass is 234 g/mol. The molecule has 2 nitrogen and oxygen atoms in total. The van der Waals surface area contributed by atoms with Gasteiger partial charge in [0, 0.05) is 12.5 Å². The highest BCUT2D eigenvalue weighted by Gasteiger charge is 2.39. The van der Waals surface area contributed by atoms with Gasteiger partial charge in [-0.3, -0.25) is 4.90 Å². The molecule has 0 aromatic heterocycles. The van der Waals surface area contributed by atoms with Gasteiger partial charge in [0.25, 0.3) is 5.92 Å². The Labute approximate surface area is 97.2 Å². The number of hydrogen-bond acceptors (Lipinski definition) is 2. The summed E-state index contributed by atoms with van der Waals surface area (Å²) >= 11 is 0. The molecule has 16 heavy (non-hydrogen) atoms. The molecule has 0 amide bonds. The third kappa shape index (κ3) is 3.39. The molecule has 96 valence electrons. The van der Waals surface area contributed by atoms with Crippen LogP contribution in [-0.2, 0) is 0 Å². The van der Waals surface area contributed by atoms with Gasteiger partial charge >= 0.3 is 0 Å². The van der Waals surface area contributed by atoms with E-state index >= 15 is 0 Å². The highest BCUT2D eigenvalue weighted by Crippen LogP contribution is 2.30. The summed E-state index contributed by atoms with van der Waals surface area (Å²) in [5, 5.41) is 0. The Morgan fingerprint density at radius 1 is 1.12 bits per heavy atom. The fourth-order valence-corrected chi connectivity index (χ4v) is 2.34. The molecule has 1 fully saturated rings. The Balaban J connectivity index is 2.50. The van der Waals surface area contributed by atoms with Crippen LogP contribution in [0.2, 0.25) is 0 Å². The largest absolute Gasteiger partial charge is 0.322 e. The molecule has 2 N–H and O–H groups in total. The zero-order valence-electron chi connectivity index (χ0n) is 10.8. The number of halogens is 2. The second-order valence-electron chi connectivity index (χ2n) is 5.98. The number of rotatable bonds is 2. The minimum atomic E-state index is -2.76. The lowest BCUT2D eigenvalue weighted by atomic mass is 9.85. The molecule has 0 aliphatic carbocycles. The zero-order chi connectivity index (χ0) is 12.6. The molecule has 0 radical (unpaired) electrons. The predicted octanol–water partition coefficient (Wildman–Crippen LogP) is 2.48. The molecule has 1 rings (SSSR count). The summed E-state index contributed by atoms with van der Waals surface area (Å²) in [7, 11) is 0. The first-order valence-electron chi connectivity index (χ1n) is 6.01. The van der Waals surface area contributed by atoms with Crippen LogP contribution in [0.25, 0.3) is 0 Å². The summed E-state index contributed by atoms with van der Waals surface area (Å²) in [5.41, 5.74) is 5.74. The summed E-state index contributed by atoms with van der Waals surface area (Å²) in [6.45, 7) is 9.13. The van der Waals surface area contributed by atoms with Crippen molar-refractivity contribution in [3.8, 4) is 0 Å². The Bertz CT molecular complexity index is 222. The third-order valence-electron chi connectivity index (χ3n) is 3.58. The molecule has 1 aliphatic heterocycles. The minimum absolute atomic E-state index is 0.0430. The number of likely N-dealkylation sites (tertiary alicyclic amines) is 1. The number of hydrogen-bond donors (Lipinski definition) is 1. The van der Waals surface area contributed by atoms with Crippen LogP contribution in [-0.4, -0.2) is 35.5 Å². The van der Waals surface area contributed by atoms with Crippen molar-refractivity contribution >= 4 is 0 Å². The van der Waals surface area contributed by atoms with E-state index in [0.29, 0.717) is 0 Å². The zero-order valence-corrected chi connectivity index (χ0v) is 10.8. The van der Waals surface area contributed by atoms with Gasteiger partial charge in [0.05, 0.1) is 6.04 Å². The fourth-order valence-electron chi connectivity index (χ4n) is 2.34. The van der Waals surface area contributed by atoms with Crippen molar-refractivity contribution in [2.24, 2.45) is 11.7 Å². The van der Waals surface area contributed by atoms with Crippen molar-refractivity contribution < 1.29 is 8.78 Å². The van der Waals surface area contributed by atoms with Crippen molar-refractivity contribution in [3.05, 3.63) is 0 Å². The first-order chi connectivity index (χ1) is 7.12. The lowest BCUT2D eigenvalue weighted by Crippen LogP contribution is -2.52. The number of nitrogens with two attached hydrogens (primary N) is 1. The van der Waals surface area contributed by atoms with E-state index < -0.39 is 12.0 Å². The topological polar surface area (TPSA) is 29.3 Å². The maximum atomic E-state index is 13.1. The summed E-state index contributed by atoms with van der Waals surface area (Å²) in [4.78, 5) is 2.34. The van der Waals surface area contributed by atoms with Gasteiger partial charge in [-0.25, -0.2) is 8.78 Å². The van der Waals surface area contributed by atoms with Crippen molar-refractivity contribution in [2.75, 3.05) is 13.1 Å². The van der Waals surface area contributed by atoms with Gasteiger partial charge in [-0.1, -0.05) is 0 Å². The highest BCUT2D eigenvalue weighted by molar-refractivity contribution is 4.89. The molecule has 0 bridgehead atoms. The molecular formula is C12H24F2N2. The Kier molecular flexibility index (Phi) is 3.95. The van der Waals surface area contributed by atoms with Gasteiger partial charge in [-0.2, -0.15) is 0 Å². The molecular weight excluding hydrogens is 210 g/mol. The predicted molar refractivity (Wildman–Crippen MR) is 62.6 cm³/mol. The molecule has 0 aromatic rings. The average molecular weight is 234 g/mol. The van der Waals surface area contributed by atoms with Crippen LogP contribution in [0.4, 0.5) is 8.78 Å². The lowest BCUT2D eigenvalue weighted by Gasteiger charge is -2.42. The maximum Gasteiger partial charge on any atom is 0.260 e. The van der Waals surface area contributed by atoms with Gasteiger partial charge in [-0.15, -0.1) is 0 Å². The average Bonchev–Trinajstić information content (AvgIpc) is 2.14. The van der Waals surface area contributed by atoms with E-state index in [-0.39, 0.29) is 11.5 Å². The van der Waals surface area contributed by atoms with Gasteiger partial charge in [0.1, 0.15) is 0 Å². The van der Waals surface area contributed by atoms with Crippen molar-refractivity contribution in [3.63, 3.8) is 0 Å². The quantitative estimate of drug-likeness (QED) is 0.795. The third-order valence-corrected chi connectivity index (χ3v) is 3.58. The second kappa shape index (κ2) is 4.57. The molecule has 1 aliphatic rings. The minimum Gasteiger partial charge on any atom is -0.322 e. The number of alkyl halides is 2. The standard InChI is InChI=1S/C12H24F2N2/c1-11(2,3)16-7-5-9(6-8-16)10(15)12(4,13)14/h9-10H,5-8,15H2,1-4H3. The van der Waals surface area contributed by atoms with E-state index in [1.165, 1.54) is 0 Å². The van der Waals surface area contributed by atoms with Gasteiger partial charge in [0.2, 0.25) is 0 Å². The van der Waals surface area contributed by atoms with Crippen LogP contribution in [0, 0.1) is 5.92 Å². The summed E-state index contributed by atoms with van der Waals surface area (Å²) in [5.74, 6) is -2.80. The first-order valence-corrected chi connectivity index (χ1v) is 6.01. The molecule has 1 saturated heterocycles. The van der Waals surface area contributed by atoms with Gasteiger partial charge < -0.3 is 5.73 Å². The normalized spacial score (nSPS) is 23.4. The molecule has 1 unspecified atom stereocenters. The number of piperidine rings is 1. The van der Waals surface area contributed by atoms with Crippen molar-refractivity contribution in [2.45, 2.75) is 58.0 Å². The van der Waals surface area contributed by atoms with E-state index in [1.54, 1.807) is 0 Å². The van der Waals surface area contributed by atoms with E-state index in [2.05, 4.69) is 25.7 Å². The summed E-state index contributed by atoms with van der Waals surface area (Å²) < 4.78 is 26.2. The van der Waals surface area contributed by atoms with Crippen LogP contribution in [0.15, 0.2) is 0 Å². The molecule has 1 atom stereocenters. The van der Waals surface area contributed by atoms with Crippen molar-refractivity contribution in [1.29, 1.82) is 0 Å². The Morgan fingerprint density at radius 3 is 1.88 bits per heavy atom. The Morgan fingerprint density at radius 2 is 1.56 bits per heavy atom. The SMILES string of the molecule is CC(F)(F)C(N)C1CCN(C(C)(C)C)CC1. The van der Waals surface area contributed by atoms with Crippen LogP contribution in [0.3, 0.4) is 0 Å². The number of nitrogens with zero attached hydrogens (tertiary/aromatic N) is 1.